The molecule has 7 heteroatoms. The Kier molecular flexibility index (Phi) is 6.66. The fraction of sp³-hybridized carbons (Fsp3) is 0.471. The van der Waals surface area contributed by atoms with Gasteiger partial charge in [-0.2, -0.15) is 0 Å². The fourth-order valence-corrected chi connectivity index (χ4v) is 3.34. The summed E-state index contributed by atoms with van der Waals surface area (Å²) in [6, 6.07) is 7.65. The number of thioether (sulfide) groups is 1. The van der Waals surface area contributed by atoms with E-state index in [0.29, 0.717) is 0 Å². The number of benzene rings is 1. The number of carbonyl (C=O) groups excluding carboxylic acids is 3. The lowest BCUT2D eigenvalue weighted by Gasteiger charge is -2.23. The van der Waals surface area contributed by atoms with E-state index in [4.69, 9.17) is 0 Å². The minimum atomic E-state index is -0.450. The van der Waals surface area contributed by atoms with E-state index in [0.717, 1.165) is 17.0 Å². The molecule has 3 N–H and O–H groups in total. The maximum absolute atomic E-state index is 12.1. The van der Waals surface area contributed by atoms with E-state index in [1.807, 2.05) is 38.1 Å². The molecular weight excluding hydrogens is 326 g/mol. The molecule has 1 aliphatic rings. The summed E-state index contributed by atoms with van der Waals surface area (Å²) in [6.45, 7) is 4.21. The molecule has 0 radical (unpaired) electrons. The first-order chi connectivity index (χ1) is 11.5. The Balaban J connectivity index is 1.75. The molecule has 130 valence electrons. The average molecular weight is 349 g/mol. The third-order valence-corrected chi connectivity index (χ3v) is 5.05. The molecular formula is C17H23N3O3S. The lowest BCUT2D eigenvalue weighted by molar-refractivity contribution is -0.124. The number of hydrogen-bond acceptors (Lipinski definition) is 4. The topological polar surface area (TPSA) is 87.3 Å². The second kappa shape index (κ2) is 8.73. The van der Waals surface area contributed by atoms with Gasteiger partial charge in [0.2, 0.25) is 17.7 Å². The molecule has 3 amide bonds. The predicted octanol–water partition coefficient (Wildman–Crippen LogP) is 1.91. The van der Waals surface area contributed by atoms with Crippen molar-refractivity contribution in [1.82, 2.24) is 10.6 Å². The Morgan fingerprint density at radius 2 is 2.04 bits per heavy atom. The van der Waals surface area contributed by atoms with Crippen molar-refractivity contribution in [3.8, 4) is 0 Å². The van der Waals surface area contributed by atoms with Crippen LogP contribution in [0.25, 0.3) is 0 Å². The van der Waals surface area contributed by atoms with Crippen molar-refractivity contribution in [1.29, 1.82) is 0 Å². The number of para-hydroxylation sites is 1. The molecule has 2 atom stereocenters. The monoisotopic (exact) mass is 349 g/mol. The Labute approximate surface area is 146 Å². The Bertz CT molecular complexity index is 621. The molecule has 0 spiro atoms. The standard InChI is InChI=1S/C17H23N3O3S/c1-3-11(2)19-15(21)8-9-18-16(22)10-14-17(23)20-12-6-4-5-7-13(12)24-14/h4-7,11,14H,3,8-10H2,1-2H3,(H,18,22)(H,19,21)(H,20,23)/t11-,14-/m0/s1. The van der Waals surface area contributed by atoms with Crippen LogP contribution in [0.5, 0.6) is 0 Å². The van der Waals surface area contributed by atoms with Gasteiger partial charge in [-0.3, -0.25) is 14.4 Å². The summed E-state index contributed by atoms with van der Waals surface area (Å²) in [5.41, 5.74) is 0.783. The SMILES string of the molecule is CC[C@H](C)NC(=O)CCNC(=O)C[C@@H]1Sc2ccccc2NC1=O. The molecule has 1 heterocycles. The van der Waals surface area contributed by atoms with Crippen molar-refractivity contribution in [3.63, 3.8) is 0 Å². The van der Waals surface area contributed by atoms with Crippen LogP contribution in [0.2, 0.25) is 0 Å². The predicted molar refractivity (Wildman–Crippen MR) is 94.9 cm³/mol. The van der Waals surface area contributed by atoms with Crippen LogP contribution < -0.4 is 16.0 Å². The molecule has 0 unspecified atom stereocenters. The zero-order valence-corrected chi connectivity index (χ0v) is 14.7. The van der Waals surface area contributed by atoms with Crippen molar-refractivity contribution in [2.75, 3.05) is 11.9 Å². The highest BCUT2D eigenvalue weighted by Crippen LogP contribution is 2.36. The lowest BCUT2D eigenvalue weighted by Crippen LogP contribution is -2.37. The molecule has 0 saturated heterocycles. The van der Waals surface area contributed by atoms with Gasteiger partial charge in [-0.1, -0.05) is 19.1 Å². The summed E-state index contributed by atoms with van der Waals surface area (Å²) in [5, 5.41) is 7.91. The van der Waals surface area contributed by atoms with Crippen molar-refractivity contribution in [2.24, 2.45) is 0 Å². The van der Waals surface area contributed by atoms with Gasteiger partial charge in [-0.15, -0.1) is 11.8 Å². The van der Waals surface area contributed by atoms with Gasteiger partial charge in [-0.05, 0) is 25.5 Å². The minimum absolute atomic E-state index is 0.0802. The Morgan fingerprint density at radius 3 is 2.79 bits per heavy atom. The first-order valence-electron chi connectivity index (χ1n) is 8.12. The Morgan fingerprint density at radius 1 is 1.29 bits per heavy atom. The van der Waals surface area contributed by atoms with Crippen molar-refractivity contribution in [2.45, 2.75) is 49.3 Å². The maximum Gasteiger partial charge on any atom is 0.238 e. The molecule has 24 heavy (non-hydrogen) atoms. The smallest absolute Gasteiger partial charge is 0.238 e. The minimum Gasteiger partial charge on any atom is -0.356 e. The molecule has 1 aromatic carbocycles. The van der Waals surface area contributed by atoms with Crippen molar-refractivity contribution in [3.05, 3.63) is 24.3 Å². The maximum atomic E-state index is 12.1. The molecule has 1 aliphatic heterocycles. The third-order valence-electron chi connectivity index (χ3n) is 3.77. The van der Waals surface area contributed by atoms with E-state index in [-0.39, 0.29) is 43.1 Å². The van der Waals surface area contributed by atoms with Crippen LogP contribution in [-0.2, 0) is 14.4 Å². The van der Waals surface area contributed by atoms with Gasteiger partial charge in [0, 0.05) is 30.3 Å². The third kappa shape index (κ3) is 5.26. The highest BCUT2D eigenvalue weighted by Gasteiger charge is 2.28. The first kappa shape index (κ1) is 18.3. The quantitative estimate of drug-likeness (QED) is 0.702. The van der Waals surface area contributed by atoms with Gasteiger partial charge in [0.1, 0.15) is 0 Å². The molecule has 2 rings (SSSR count). The number of amides is 3. The summed E-state index contributed by atoms with van der Waals surface area (Å²) in [6.07, 6.45) is 1.20. The fourth-order valence-electron chi connectivity index (χ4n) is 2.23. The van der Waals surface area contributed by atoms with Crippen LogP contribution in [0.15, 0.2) is 29.2 Å². The van der Waals surface area contributed by atoms with Crippen molar-refractivity contribution < 1.29 is 14.4 Å². The van der Waals surface area contributed by atoms with Crippen LogP contribution >= 0.6 is 11.8 Å². The van der Waals surface area contributed by atoms with Crippen LogP contribution in [0.3, 0.4) is 0 Å². The molecule has 0 bridgehead atoms. The van der Waals surface area contributed by atoms with E-state index in [2.05, 4.69) is 16.0 Å². The number of rotatable bonds is 7. The Hall–Kier alpha value is -2.02. The lowest BCUT2D eigenvalue weighted by atomic mass is 10.2. The van der Waals surface area contributed by atoms with Gasteiger partial charge in [0.05, 0.1) is 10.9 Å². The van der Waals surface area contributed by atoms with Gasteiger partial charge in [0.25, 0.3) is 0 Å². The second-order valence-electron chi connectivity index (χ2n) is 5.77. The summed E-state index contributed by atoms with van der Waals surface area (Å²) >= 11 is 1.39. The number of hydrogen-bond donors (Lipinski definition) is 3. The molecule has 6 nitrogen and oxygen atoms in total. The van der Waals surface area contributed by atoms with Crippen LogP contribution in [-0.4, -0.2) is 35.6 Å². The summed E-state index contributed by atoms with van der Waals surface area (Å²) in [5.74, 6) is -0.468. The first-order valence-corrected chi connectivity index (χ1v) is 9.00. The number of carbonyl (C=O) groups is 3. The van der Waals surface area contributed by atoms with E-state index in [1.54, 1.807) is 0 Å². The average Bonchev–Trinajstić information content (AvgIpc) is 2.55. The van der Waals surface area contributed by atoms with E-state index in [1.165, 1.54) is 11.8 Å². The van der Waals surface area contributed by atoms with Gasteiger partial charge in [-0.25, -0.2) is 0 Å². The zero-order valence-electron chi connectivity index (χ0n) is 13.9. The molecule has 0 saturated carbocycles. The molecule has 1 aromatic rings. The van der Waals surface area contributed by atoms with Crippen LogP contribution in [0.4, 0.5) is 5.69 Å². The van der Waals surface area contributed by atoms with Crippen LogP contribution in [0.1, 0.15) is 33.1 Å². The summed E-state index contributed by atoms with van der Waals surface area (Å²) in [7, 11) is 0. The number of fused-ring (bicyclic) bond motifs is 1. The van der Waals surface area contributed by atoms with Gasteiger partial charge < -0.3 is 16.0 Å². The largest absolute Gasteiger partial charge is 0.356 e. The van der Waals surface area contributed by atoms with E-state index in [9.17, 15) is 14.4 Å². The molecule has 0 fully saturated rings. The number of nitrogens with one attached hydrogen (secondary N) is 3. The van der Waals surface area contributed by atoms with Crippen LogP contribution in [0, 0.1) is 0 Å². The van der Waals surface area contributed by atoms with Crippen molar-refractivity contribution >= 4 is 35.2 Å². The second-order valence-corrected chi connectivity index (χ2v) is 7.02. The van der Waals surface area contributed by atoms with Gasteiger partial charge >= 0.3 is 0 Å². The molecule has 0 aromatic heterocycles. The zero-order chi connectivity index (χ0) is 17.5. The highest BCUT2D eigenvalue weighted by molar-refractivity contribution is 8.01. The molecule has 0 aliphatic carbocycles. The van der Waals surface area contributed by atoms with E-state index < -0.39 is 5.25 Å². The highest BCUT2D eigenvalue weighted by atomic mass is 32.2. The summed E-state index contributed by atoms with van der Waals surface area (Å²) < 4.78 is 0. The van der Waals surface area contributed by atoms with E-state index >= 15 is 0 Å². The van der Waals surface area contributed by atoms with Gasteiger partial charge in [0.15, 0.2) is 0 Å². The number of anilines is 1. The normalized spacial score (nSPS) is 17.4. The summed E-state index contributed by atoms with van der Waals surface area (Å²) in [4.78, 5) is 36.6.